The topological polar surface area (TPSA) is 102 Å². The van der Waals surface area contributed by atoms with E-state index >= 15 is 0 Å². The number of anilines is 4. The monoisotopic (exact) mass is 536 g/mol. The van der Waals surface area contributed by atoms with Crippen molar-refractivity contribution in [2.45, 2.75) is 19.8 Å². The number of pyridine rings is 1. The van der Waals surface area contributed by atoms with Crippen molar-refractivity contribution in [3.63, 3.8) is 0 Å². The van der Waals surface area contributed by atoms with Gasteiger partial charge < -0.3 is 15.4 Å². The Morgan fingerprint density at radius 2 is 1.49 bits per heavy atom. The molecule has 0 bridgehead atoms. The van der Waals surface area contributed by atoms with Gasteiger partial charge in [0.15, 0.2) is 5.78 Å². The van der Waals surface area contributed by atoms with E-state index < -0.39 is 0 Å². The van der Waals surface area contributed by atoms with Crippen molar-refractivity contribution in [2.24, 2.45) is 0 Å². The van der Waals surface area contributed by atoms with Gasteiger partial charge in [-0.05, 0) is 66.2 Å². The number of nitrogens with zero attached hydrogens (tertiary/aromatic N) is 4. The summed E-state index contributed by atoms with van der Waals surface area (Å²) in [5, 5.41) is 6.97. The normalized spacial score (nSPS) is 10.6. The fraction of sp³-hybridized carbons (Fsp3) is 0.100. The summed E-state index contributed by atoms with van der Waals surface area (Å²) in [6.45, 7) is 1.97. The van der Waals surface area contributed by atoms with Crippen LogP contribution in [-0.2, 0) is 12.8 Å². The standard InChI is InChI=1S/C30H25ClN6O2/c1-2-27-34-29(33-23-10-14-25(15-11-23)39-24-12-8-22(31)9-13-24)37-30(35-27)36-28-19-21(16-17-32-28)26(38)18-20-6-4-3-5-7-20/h3-17,19H,2,18H2,1H3,(H2,32,33,34,35,36,37). The Morgan fingerprint density at radius 1 is 0.821 bits per heavy atom. The molecule has 2 aromatic heterocycles. The van der Waals surface area contributed by atoms with E-state index in [-0.39, 0.29) is 5.78 Å². The molecule has 5 rings (SSSR count). The lowest BCUT2D eigenvalue weighted by molar-refractivity contribution is 0.0993. The highest BCUT2D eigenvalue weighted by Crippen LogP contribution is 2.25. The van der Waals surface area contributed by atoms with Crippen LogP contribution in [0.2, 0.25) is 5.02 Å². The third kappa shape index (κ3) is 7.15. The van der Waals surface area contributed by atoms with Crippen LogP contribution >= 0.6 is 11.6 Å². The molecule has 0 atom stereocenters. The van der Waals surface area contributed by atoms with Gasteiger partial charge in [-0.1, -0.05) is 48.9 Å². The summed E-state index contributed by atoms with van der Waals surface area (Å²) in [6.07, 6.45) is 2.52. The van der Waals surface area contributed by atoms with Crippen LogP contribution in [0.25, 0.3) is 0 Å². The third-order valence-corrected chi connectivity index (χ3v) is 5.94. The second-order valence-corrected chi connectivity index (χ2v) is 9.03. The van der Waals surface area contributed by atoms with E-state index in [0.29, 0.717) is 58.5 Å². The van der Waals surface area contributed by atoms with Crippen molar-refractivity contribution in [3.8, 4) is 11.5 Å². The predicted molar refractivity (Wildman–Crippen MR) is 152 cm³/mol. The largest absolute Gasteiger partial charge is 0.457 e. The molecule has 0 saturated heterocycles. The van der Waals surface area contributed by atoms with Crippen molar-refractivity contribution < 1.29 is 9.53 Å². The summed E-state index contributed by atoms with van der Waals surface area (Å²) in [5.74, 6) is 3.16. The number of Topliss-reactive ketones (excluding diaryl/α,β-unsaturated/α-hetero) is 1. The summed E-state index contributed by atoms with van der Waals surface area (Å²) in [6, 6.07) is 27.7. The number of carbonyl (C=O) groups is 1. The molecule has 9 heteroatoms. The zero-order valence-corrected chi connectivity index (χ0v) is 21.9. The summed E-state index contributed by atoms with van der Waals surface area (Å²) in [7, 11) is 0. The number of hydrogen-bond donors (Lipinski definition) is 2. The van der Waals surface area contributed by atoms with E-state index in [1.807, 2.05) is 73.7 Å². The minimum Gasteiger partial charge on any atom is -0.457 e. The number of nitrogens with one attached hydrogen (secondary N) is 2. The van der Waals surface area contributed by atoms with Gasteiger partial charge in [-0.25, -0.2) is 4.98 Å². The van der Waals surface area contributed by atoms with Crippen LogP contribution in [0.5, 0.6) is 11.5 Å². The predicted octanol–water partition coefficient (Wildman–Crippen LogP) is 7.19. The second-order valence-electron chi connectivity index (χ2n) is 8.60. The van der Waals surface area contributed by atoms with Crippen LogP contribution in [0, 0.1) is 0 Å². The Hall–Kier alpha value is -4.82. The van der Waals surface area contributed by atoms with Gasteiger partial charge in [0.05, 0.1) is 0 Å². The molecule has 8 nitrogen and oxygen atoms in total. The third-order valence-electron chi connectivity index (χ3n) is 5.69. The Labute approximate surface area is 231 Å². The first-order valence-electron chi connectivity index (χ1n) is 12.4. The zero-order chi connectivity index (χ0) is 27.0. The highest BCUT2D eigenvalue weighted by atomic mass is 35.5. The Morgan fingerprint density at radius 3 is 2.18 bits per heavy atom. The molecule has 0 unspecified atom stereocenters. The number of aromatic nitrogens is 4. The molecule has 0 fully saturated rings. The maximum absolute atomic E-state index is 12.8. The first-order chi connectivity index (χ1) is 19.0. The molecule has 0 radical (unpaired) electrons. The van der Waals surface area contributed by atoms with Crippen LogP contribution in [0.15, 0.2) is 97.2 Å². The van der Waals surface area contributed by atoms with Crippen LogP contribution in [0.4, 0.5) is 23.4 Å². The fourth-order valence-electron chi connectivity index (χ4n) is 3.73. The minimum atomic E-state index is 0.00221. The van der Waals surface area contributed by atoms with Crippen molar-refractivity contribution >= 4 is 40.8 Å². The number of ether oxygens (including phenoxy) is 1. The van der Waals surface area contributed by atoms with Crippen LogP contribution < -0.4 is 15.4 Å². The van der Waals surface area contributed by atoms with E-state index in [1.165, 1.54) is 0 Å². The molecule has 3 aromatic carbocycles. The lowest BCUT2D eigenvalue weighted by Gasteiger charge is -2.11. The number of halogens is 1. The molecule has 5 aromatic rings. The lowest BCUT2D eigenvalue weighted by atomic mass is 10.0. The fourth-order valence-corrected chi connectivity index (χ4v) is 3.86. The molecule has 0 aliphatic heterocycles. The van der Waals surface area contributed by atoms with Crippen molar-refractivity contribution in [1.82, 2.24) is 19.9 Å². The number of benzene rings is 3. The Kier molecular flexibility index (Phi) is 8.04. The van der Waals surface area contributed by atoms with Gasteiger partial charge in [0.2, 0.25) is 11.9 Å². The van der Waals surface area contributed by atoms with Crippen LogP contribution in [0.3, 0.4) is 0 Å². The number of hydrogen-bond acceptors (Lipinski definition) is 8. The molecule has 0 aliphatic carbocycles. The van der Waals surface area contributed by atoms with Crippen molar-refractivity contribution in [3.05, 3.63) is 119 Å². The smallest absolute Gasteiger partial charge is 0.233 e. The molecule has 2 N–H and O–H groups in total. The summed E-state index contributed by atoms with van der Waals surface area (Å²) in [5.41, 5.74) is 2.30. The summed E-state index contributed by atoms with van der Waals surface area (Å²) >= 11 is 5.94. The van der Waals surface area contributed by atoms with E-state index in [1.54, 1.807) is 30.5 Å². The highest BCUT2D eigenvalue weighted by molar-refractivity contribution is 6.30. The lowest BCUT2D eigenvalue weighted by Crippen LogP contribution is -2.09. The average Bonchev–Trinajstić information content (AvgIpc) is 2.96. The SMILES string of the molecule is CCc1nc(Nc2ccc(Oc3ccc(Cl)cc3)cc2)nc(Nc2cc(C(=O)Cc3ccccc3)ccn2)n1. The first-order valence-corrected chi connectivity index (χ1v) is 12.8. The first kappa shape index (κ1) is 25.8. The van der Waals surface area contributed by atoms with Crippen LogP contribution in [0.1, 0.15) is 28.7 Å². The van der Waals surface area contributed by atoms with Crippen LogP contribution in [-0.4, -0.2) is 25.7 Å². The molecule has 0 aliphatic rings. The quantitative estimate of drug-likeness (QED) is 0.181. The molecule has 39 heavy (non-hydrogen) atoms. The van der Waals surface area contributed by atoms with E-state index in [9.17, 15) is 4.79 Å². The minimum absolute atomic E-state index is 0.00221. The van der Waals surface area contributed by atoms with Gasteiger partial charge in [-0.15, -0.1) is 0 Å². The van der Waals surface area contributed by atoms with E-state index in [4.69, 9.17) is 16.3 Å². The van der Waals surface area contributed by atoms with Gasteiger partial charge in [-0.2, -0.15) is 15.0 Å². The molecule has 2 heterocycles. The molecule has 194 valence electrons. The van der Waals surface area contributed by atoms with Gasteiger partial charge in [0.1, 0.15) is 23.1 Å². The van der Waals surface area contributed by atoms with Gasteiger partial charge in [0, 0.05) is 35.3 Å². The number of carbonyl (C=O) groups excluding carboxylic acids is 1. The Bertz CT molecular complexity index is 1560. The molecule has 0 saturated carbocycles. The maximum atomic E-state index is 12.8. The second kappa shape index (κ2) is 12.1. The van der Waals surface area contributed by atoms with Crippen molar-refractivity contribution in [2.75, 3.05) is 10.6 Å². The van der Waals surface area contributed by atoms with E-state index in [0.717, 1.165) is 11.3 Å². The number of ketones is 1. The van der Waals surface area contributed by atoms with Gasteiger partial charge >= 0.3 is 0 Å². The molecule has 0 spiro atoms. The van der Waals surface area contributed by atoms with E-state index in [2.05, 4.69) is 30.6 Å². The highest BCUT2D eigenvalue weighted by Gasteiger charge is 2.11. The zero-order valence-electron chi connectivity index (χ0n) is 21.1. The summed E-state index contributed by atoms with van der Waals surface area (Å²) in [4.78, 5) is 30.6. The molecular formula is C30H25ClN6O2. The molecular weight excluding hydrogens is 512 g/mol. The average molecular weight is 537 g/mol. The van der Waals surface area contributed by atoms with Gasteiger partial charge in [0.25, 0.3) is 0 Å². The summed E-state index contributed by atoms with van der Waals surface area (Å²) < 4.78 is 5.85. The maximum Gasteiger partial charge on any atom is 0.233 e. The number of rotatable bonds is 10. The van der Waals surface area contributed by atoms with Crippen molar-refractivity contribution in [1.29, 1.82) is 0 Å². The van der Waals surface area contributed by atoms with Gasteiger partial charge in [-0.3, -0.25) is 4.79 Å². The molecule has 0 amide bonds. The Balaban J connectivity index is 1.27. The number of aryl methyl sites for hydroxylation is 1.